The molecule has 2 aromatic carbocycles. The zero-order chi connectivity index (χ0) is 17.1. The molecule has 1 aliphatic rings. The highest BCUT2D eigenvalue weighted by atomic mass is 16.3. The van der Waals surface area contributed by atoms with Crippen LogP contribution in [0.25, 0.3) is 0 Å². The van der Waals surface area contributed by atoms with Crippen LogP contribution in [0.15, 0.2) is 54.6 Å². The maximum atomic E-state index is 12.8. The quantitative estimate of drug-likeness (QED) is 0.912. The fourth-order valence-corrected chi connectivity index (χ4v) is 3.24. The number of carbonyl (C=O) groups is 2. The molecule has 1 heterocycles. The Balaban J connectivity index is 1.86. The van der Waals surface area contributed by atoms with Crippen LogP contribution in [0.4, 0.5) is 5.69 Å². The molecule has 0 aliphatic carbocycles. The average molecular weight is 324 g/mol. The van der Waals surface area contributed by atoms with Gasteiger partial charge in [-0.1, -0.05) is 36.4 Å². The van der Waals surface area contributed by atoms with Gasteiger partial charge in [-0.3, -0.25) is 9.59 Å². The van der Waals surface area contributed by atoms with Crippen LogP contribution in [0.3, 0.4) is 0 Å². The fraction of sp³-hybridized carbons (Fsp3) is 0.263. The van der Waals surface area contributed by atoms with Gasteiger partial charge in [-0.2, -0.15) is 0 Å². The Morgan fingerprint density at radius 1 is 1.17 bits per heavy atom. The number of nitrogens with one attached hydrogen (secondary N) is 1. The third kappa shape index (κ3) is 3.25. The summed E-state index contributed by atoms with van der Waals surface area (Å²) in [6.07, 6.45) is 0.866. The van der Waals surface area contributed by atoms with Crippen molar-refractivity contribution in [2.24, 2.45) is 5.92 Å². The van der Waals surface area contributed by atoms with Crippen LogP contribution in [0.1, 0.15) is 24.4 Å². The zero-order valence-electron chi connectivity index (χ0n) is 13.5. The van der Waals surface area contributed by atoms with E-state index in [9.17, 15) is 14.7 Å². The summed E-state index contributed by atoms with van der Waals surface area (Å²) in [5.41, 5.74) is 1.50. The predicted molar refractivity (Wildman–Crippen MR) is 91.4 cm³/mol. The van der Waals surface area contributed by atoms with E-state index < -0.39 is 0 Å². The molecule has 2 unspecified atom stereocenters. The van der Waals surface area contributed by atoms with Crippen molar-refractivity contribution in [2.45, 2.75) is 18.9 Å². The molecule has 0 aromatic heterocycles. The highest BCUT2D eigenvalue weighted by molar-refractivity contribution is 5.94. The van der Waals surface area contributed by atoms with Crippen LogP contribution in [0.2, 0.25) is 0 Å². The van der Waals surface area contributed by atoms with Gasteiger partial charge in [0.25, 0.3) is 0 Å². The molecule has 2 aromatic rings. The number of piperidine rings is 1. The Morgan fingerprint density at radius 2 is 1.92 bits per heavy atom. The van der Waals surface area contributed by atoms with Crippen LogP contribution >= 0.6 is 0 Å². The Bertz CT molecular complexity index is 745. The molecule has 1 saturated heterocycles. The first-order chi connectivity index (χ1) is 11.6. The maximum absolute atomic E-state index is 12.8. The van der Waals surface area contributed by atoms with Gasteiger partial charge in [0, 0.05) is 25.2 Å². The Hall–Kier alpha value is -2.82. The van der Waals surface area contributed by atoms with E-state index in [0.29, 0.717) is 18.5 Å². The van der Waals surface area contributed by atoms with Gasteiger partial charge in [0.1, 0.15) is 5.75 Å². The number of phenols is 1. The van der Waals surface area contributed by atoms with Gasteiger partial charge < -0.3 is 15.3 Å². The van der Waals surface area contributed by atoms with E-state index in [4.69, 9.17) is 0 Å². The molecule has 0 saturated carbocycles. The molecule has 1 fully saturated rings. The summed E-state index contributed by atoms with van der Waals surface area (Å²) in [4.78, 5) is 26.6. The number of aromatic hydroxyl groups is 1. The van der Waals surface area contributed by atoms with Crippen LogP contribution in [-0.4, -0.2) is 28.9 Å². The van der Waals surface area contributed by atoms with Crippen molar-refractivity contribution in [3.63, 3.8) is 0 Å². The lowest BCUT2D eigenvalue weighted by Gasteiger charge is -2.38. The summed E-state index contributed by atoms with van der Waals surface area (Å²) < 4.78 is 0. The number of hydrogen-bond donors (Lipinski definition) is 2. The van der Waals surface area contributed by atoms with Crippen molar-refractivity contribution in [1.29, 1.82) is 0 Å². The monoisotopic (exact) mass is 324 g/mol. The maximum Gasteiger partial charge on any atom is 0.229 e. The highest BCUT2D eigenvalue weighted by Crippen LogP contribution is 2.36. The SMILES string of the molecule is CN1C(=O)CCC(C(=O)Nc2cccc(O)c2)C1c1ccccc1. The van der Waals surface area contributed by atoms with E-state index >= 15 is 0 Å². The molecule has 0 radical (unpaired) electrons. The number of benzene rings is 2. The number of amides is 2. The Kier molecular flexibility index (Phi) is 4.51. The molecule has 24 heavy (non-hydrogen) atoms. The minimum atomic E-state index is -0.336. The first-order valence-corrected chi connectivity index (χ1v) is 7.97. The van der Waals surface area contributed by atoms with Crippen molar-refractivity contribution < 1.29 is 14.7 Å². The molecule has 2 atom stereocenters. The number of anilines is 1. The summed E-state index contributed by atoms with van der Waals surface area (Å²) in [7, 11) is 1.74. The largest absolute Gasteiger partial charge is 0.508 e. The van der Waals surface area contributed by atoms with Crippen molar-refractivity contribution >= 4 is 17.5 Å². The first kappa shape index (κ1) is 16.1. The zero-order valence-corrected chi connectivity index (χ0v) is 13.5. The van der Waals surface area contributed by atoms with Crippen LogP contribution in [-0.2, 0) is 9.59 Å². The van der Waals surface area contributed by atoms with Crippen molar-refractivity contribution in [3.05, 3.63) is 60.2 Å². The summed E-state index contributed by atoms with van der Waals surface area (Å²) in [6, 6.07) is 15.8. The summed E-state index contributed by atoms with van der Waals surface area (Å²) in [6.45, 7) is 0. The van der Waals surface area contributed by atoms with E-state index in [1.807, 2.05) is 30.3 Å². The molecular weight excluding hydrogens is 304 g/mol. The molecule has 0 spiro atoms. The molecule has 1 aliphatic heterocycles. The van der Waals surface area contributed by atoms with Crippen molar-refractivity contribution in [2.75, 3.05) is 12.4 Å². The van der Waals surface area contributed by atoms with Gasteiger partial charge in [0.2, 0.25) is 11.8 Å². The lowest BCUT2D eigenvalue weighted by molar-refractivity contribution is -0.140. The Labute approximate surface area is 140 Å². The fourth-order valence-electron chi connectivity index (χ4n) is 3.24. The van der Waals surface area contributed by atoms with Gasteiger partial charge in [-0.15, -0.1) is 0 Å². The van der Waals surface area contributed by atoms with E-state index in [1.54, 1.807) is 30.1 Å². The van der Waals surface area contributed by atoms with E-state index in [0.717, 1.165) is 5.56 Å². The van der Waals surface area contributed by atoms with Crippen molar-refractivity contribution in [3.8, 4) is 5.75 Å². The van der Waals surface area contributed by atoms with Gasteiger partial charge in [-0.05, 0) is 24.1 Å². The molecular formula is C19H20N2O3. The minimum absolute atomic E-state index is 0.0465. The van der Waals surface area contributed by atoms with E-state index in [2.05, 4.69) is 5.32 Å². The van der Waals surface area contributed by atoms with E-state index in [-0.39, 0.29) is 29.5 Å². The first-order valence-electron chi connectivity index (χ1n) is 7.97. The molecule has 2 N–H and O–H groups in total. The normalized spacial score (nSPS) is 20.7. The van der Waals surface area contributed by atoms with Gasteiger partial charge in [0.15, 0.2) is 0 Å². The third-order valence-corrected chi connectivity index (χ3v) is 4.45. The molecule has 5 nitrogen and oxygen atoms in total. The summed E-state index contributed by atoms with van der Waals surface area (Å²) >= 11 is 0. The minimum Gasteiger partial charge on any atom is -0.508 e. The number of rotatable bonds is 3. The standard InChI is InChI=1S/C19H20N2O3/c1-21-17(23)11-10-16(18(21)13-6-3-2-4-7-13)19(24)20-14-8-5-9-15(22)12-14/h2-9,12,16,18,22H,10-11H2,1H3,(H,20,24). The molecule has 0 bridgehead atoms. The third-order valence-electron chi connectivity index (χ3n) is 4.45. The smallest absolute Gasteiger partial charge is 0.229 e. The van der Waals surface area contributed by atoms with Crippen LogP contribution in [0, 0.1) is 5.92 Å². The highest BCUT2D eigenvalue weighted by Gasteiger charge is 2.38. The summed E-state index contributed by atoms with van der Waals surface area (Å²) in [5, 5.41) is 12.4. The van der Waals surface area contributed by atoms with Gasteiger partial charge >= 0.3 is 0 Å². The van der Waals surface area contributed by atoms with Crippen LogP contribution in [0.5, 0.6) is 5.75 Å². The molecule has 3 rings (SSSR count). The van der Waals surface area contributed by atoms with Gasteiger partial charge in [-0.25, -0.2) is 0 Å². The van der Waals surface area contributed by atoms with Crippen LogP contribution < -0.4 is 5.32 Å². The molecule has 5 heteroatoms. The number of likely N-dealkylation sites (tertiary alicyclic amines) is 1. The number of nitrogens with zero attached hydrogens (tertiary/aromatic N) is 1. The average Bonchev–Trinajstić information content (AvgIpc) is 2.58. The second-order valence-electron chi connectivity index (χ2n) is 6.04. The topological polar surface area (TPSA) is 69.6 Å². The number of carbonyl (C=O) groups excluding carboxylic acids is 2. The second kappa shape index (κ2) is 6.74. The lowest BCUT2D eigenvalue weighted by Crippen LogP contribution is -2.44. The molecule has 2 amide bonds. The lowest BCUT2D eigenvalue weighted by atomic mass is 9.84. The van der Waals surface area contributed by atoms with E-state index in [1.165, 1.54) is 6.07 Å². The molecule has 124 valence electrons. The predicted octanol–water partition coefficient (Wildman–Crippen LogP) is 2.94. The second-order valence-corrected chi connectivity index (χ2v) is 6.04. The number of phenolic OH excluding ortho intramolecular Hbond substituents is 1. The van der Waals surface area contributed by atoms with Crippen molar-refractivity contribution in [1.82, 2.24) is 4.90 Å². The summed E-state index contributed by atoms with van der Waals surface area (Å²) in [5.74, 6) is -0.333. The Morgan fingerprint density at radius 3 is 2.62 bits per heavy atom. The van der Waals surface area contributed by atoms with Gasteiger partial charge in [0.05, 0.1) is 12.0 Å². The number of hydrogen-bond acceptors (Lipinski definition) is 3.